The number of fused-ring (bicyclic) bond motifs is 1. The summed E-state index contributed by atoms with van der Waals surface area (Å²) in [6.45, 7) is 3.98. The van der Waals surface area contributed by atoms with Crippen LogP contribution in [0.4, 0.5) is 0 Å². The normalized spacial score (nSPS) is 11.1. The molecule has 0 aliphatic heterocycles. The molecule has 0 bridgehead atoms. The molecule has 0 unspecified atom stereocenters. The summed E-state index contributed by atoms with van der Waals surface area (Å²) >= 11 is 0. The van der Waals surface area contributed by atoms with Crippen LogP contribution in [0.1, 0.15) is 25.0 Å². The summed E-state index contributed by atoms with van der Waals surface area (Å²) in [5.74, 6) is 0.0254. The molecule has 0 aromatic heterocycles. The summed E-state index contributed by atoms with van der Waals surface area (Å²) in [4.78, 5) is 24.1. The molecule has 0 radical (unpaired) electrons. The van der Waals surface area contributed by atoms with Gasteiger partial charge in [-0.05, 0) is 40.1 Å². The molecule has 5 heteroatoms. The Bertz CT molecular complexity index is 1080. The molecule has 3 aromatic carbocycles. The summed E-state index contributed by atoms with van der Waals surface area (Å²) in [6.07, 6.45) is 3.16. The van der Waals surface area contributed by atoms with E-state index in [2.05, 4.69) is 17.4 Å². The van der Waals surface area contributed by atoms with Crippen molar-refractivity contribution in [2.24, 2.45) is 5.92 Å². The fraction of sp³-hybridized carbons (Fsp3) is 0.200. The summed E-state index contributed by atoms with van der Waals surface area (Å²) in [6, 6.07) is 19.3. The fourth-order valence-electron chi connectivity index (χ4n) is 2.96. The molecule has 30 heavy (non-hydrogen) atoms. The van der Waals surface area contributed by atoms with Crippen LogP contribution >= 0.6 is 0 Å². The van der Waals surface area contributed by atoms with Crippen molar-refractivity contribution in [2.75, 3.05) is 7.11 Å². The summed E-state index contributed by atoms with van der Waals surface area (Å²) < 4.78 is 10.6. The van der Waals surface area contributed by atoms with E-state index >= 15 is 0 Å². The van der Waals surface area contributed by atoms with E-state index in [1.807, 2.05) is 30.3 Å². The van der Waals surface area contributed by atoms with Crippen molar-refractivity contribution in [2.45, 2.75) is 20.4 Å². The minimum Gasteiger partial charge on any atom is -0.493 e. The molecule has 0 saturated heterocycles. The summed E-state index contributed by atoms with van der Waals surface area (Å²) in [5, 5.41) is 5.18. The van der Waals surface area contributed by atoms with Gasteiger partial charge in [-0.15, -0.1) is 0 Å². The highest BCUT2D eigenvalue weighted by molar-refractivity contribution is 5.92. The van der Waals surface area contributed by atoms with E-state index in [1.54, 1.807) is 38.1 Å². The summed E-state index contributed by atoms with van der Waals surface area (Å²) in [5.41, 5.74) is 1.82. The van der Waals surface area contributed by atoms with E-state index in [0.717, 1.165) is 21.9 Å². The van der Waals surface area contributed by atoms with E-state index in [-0.39, 0.29) is 17.8 Å². The molecular formula is C25H25NO4. The number of esters is 1. The van der Waals surface area contributed by atoms with Gasteiger partial charge in [0, 0.05) is 12.6 Å². The topological polar surface area (TPSA) is 64.6 Å². The third-order valence-corrected chi connectivity index (χ3v) is 4.63. The first-order valence-corrected chi connectivity index (χ1v) is 9.80. The third-order valence-electron chi connectivity index (χ3n) is 4.63. The molecule has 1 amide bonds. The number of rotatable bonds is 7. The van der Waals surface area contributed by atoms with Crippen LogP contribution in [0.3, 0.4) is 0 Å². The first-order chi connectivity index (χ1) is 14.5. The maximum absolute atomic E-state index is 12.3. The SMILES string of the molecule is COc1cc(/C=C/C(=O)NCc2cccc3ccccc23)ccc1OC(=O)C(C)C. The van der Waals surface area contributed by atoms with Crippen LogP contribution in [-0.4, -0.2) is 19.0 Å². The standard InChI is InChI=1S/C25H25NO4/c1-17(2)25(28)30-22-13-11-18(15-23(22)29-3)12-14-24(27)26-16-20-9-6-8-19-7-4-5-10-21(19)20/h4-15,17H,16H2,1-3H3,(H,26,27)/b14-12+. The Morgan fingerprint density at radius 3 is 2.53 bits per heavy atom. The van der Waals surface area contributed by atoms with E-state index in [9.17, 15) is 9.59 Å². The molecule has 0 saturated carbocycles. The maximum atomic E-state index is 12.3. The minimum atomic E-state index is -0.329. The number of nitrogens with one attached hydrogen (secondary N) is 1. The van der Waals surface area contributed by atoms with Gasteiger partial charge < -0.3 is 14.8 Å². The average molecular weight is 403 g/mol. The number of benzene rings is 3. The predicted molar refractivity (Wildman–Crippen MR) is 118 cm³/mol. The van der Waals surface area contributed by atoms with Gasteiger partial charge in [-0.25, -0.2) is 0 Å². The van der Waals surface area contributed by atoms with Crippen molar-refractivity contribution in [3.05, 3.63) is 77.9 Å². The van der Waals surface area contributed by atoms with Crippen LogP contribution < -0.4 is 14.8 Å². The zero-order valence-electron chi connectivity index (χ0n) is 17.3. The lowest BCUT2D eigenvalue weighted by atomic mass is 10.0. The zero-order chi connectivity index (χ0) is 21.5. The minimum absolute atomic E-state index is 0.197. The second-order valence-corrected chi connectivity index (χ2v) is 7.18. The van der Waals surface area contributed by atoms with E-state index < -0.39 is 0 Å². The Morgan fingerprint density at radius 2 is 1.77 bits per heavy atom. The number of hydrogen-bond donors (Lipinski definition) is 1. The Morgan fingerprint density at radius 1 is 1.00 bits per heavy atom. The molecule has 0 atom stereocenters. The van der Waals surface area contributed by atoms with Gasteiger partial charge >= 0.3 is 5.97 Å². The highest BCUT2D eigenvalue weighted by Gasteiger charge is 2.13. The number of amides is 1. The highest BCUT2D eigenvalue weighted by atomic mass is 16.6. The van der Waals surface area contributed by atoms with Crippen LogP contribution in [-0.2, 0) is 16.1 Å². The number of carbonyl (C=O) groups is 2. The van der Waals surface area contributed by atoms with Crippen molar-refractivity contribution in [1.29, 1.82) is 0 Å². The molecular weight excluding hydrogens is 378 g/mol. The quantitative estimate of drug-likeness (QED) is 0.352. The van der Waals surface area contributed by atoms with E-state index in [0.29, 0.717) is 18.0 Å². The van der Waals surface area contributed by atoms with Gasteiger partial charge in [0.25, 0.3) is 0 Å². The number of hydrogen-bond acceptors (Lipinski definition) is 4. The van der Waals surface area contributed by atoms with Gasteiger partial charge in [-0.3, -0.25) is 9.59 Å². The van der Waals surface area contributed by atoms with Gasteiger partial charge in [0.15, 0.2) is 11.5 Å². The Hall–Kier alpha value is -3.60. The number of ether oxygens (including phenoxy) is 2. The molecule has 0 aliphatic carbocycles. The smallest absolute Gasteiger partial charge is 0.313 e. The molecule has 0 aliphatic rings. The molecule has 0 fully saturated rings. The number of carbonyl (C=O) groups excluding carboxylic acids is 2. The lowest BCUT2D eigenvalue weighted by molar-refractivity contribution is -0.137. The second-order valence-electron chi connectivity index (χ2n) is 7.18. The molecule has 154 valence electrons. The highest BCUT2D eigenvalue weighted by Crippen LogP contribution is 2.29. The molecule has 1 N–H and O–H groups in total. The van der Waals surface area contributed by atoms with Gasteiger partial charge in [-0.2, -0.15) is 0 Å². The molecule has 0 spiro atoms. The second kappa shape index (κ2) is 9.74. The fourth-order valence-corrected chi connectivity index (χ4v) is 2.96. The van der Waals surface area contributed by atoms with Crippen molar-refractivity contribution in [3.8, 4) is 11.5 Å². The van der Waals surface area contributed by atoms with Crippen LogP contribution in [0.2, 0.25) is 0 Å². The first kappa shape index (κ1) is 21.1. The van der Waals surface area contributed by atoms with Crippen LogP contribution in [0.25, 0.3) is 16.8 Å². The van der Waals surface area contributed by atoms with Crippen molar-refractivity contribution in [3.63, 3.8) is 0 Å². The third kappa shape index (κ3) is 5.26. The summed E-state index contributed by atoms with van der Waals surface area (Å²) in [7, 11) is 1.51. The Kier molecular flexibility index (Phi) is 6.86. The monoisotopic (exact) mass is 403 g/mol. The lowest BCUT2D eigenvalue weighted by Gasteiger charge is -2.11. The van der Waals surface area contributed by atoms with Crippen LogP contribution in [0.5, 0.6) is 11.5 Å². The van der Waals surface area contributed by atoms with Crippen molar-refractivity contribution >= 4 is 28.7 Å². The molecule has 5 nitrogen and oxygen atoms in total. The average Bonchev–Trinajstić information content (AvgIpc) is 2.76. The lowest BCUT2D eigenvalue weighted by Crippen LogP contribution is -2.20. The number of methoxy groups -OCH3 is 1. The van der Waals surface area contributed by atoms with Gasteiger partial charge in [0.2, 0.25) is 5.91 Å². The van der Waals surface area contributed by atoms with Gasteiger partial charge in [0.05, 0.1) is 13.0 Å². The maximum Gasteiger partial charge on any atom is 0.313 e. The van der Waals surface area contributed by atoms with Crippen molar-refractivity contribution in [1.82, 2.24) is 5.32 Å². The zero-order valence-corrected chi connectivity index (χ0v) is 17.3. The van der Waals surface area contributed by atoms with Crippen LogP contribution in [0.15, 0.2) is 66.7 Å². The van der Waals surface area contributed by atoms with Gasteiger partial charge in [0.1, 0.15) is 0 Å². The first-order valence-electron chi connectivity index (χ1n) is 9.80. The molecule has 0 heterocycles. The molecule has 3 rings (SSSR count). The van der Waals surface area contributed by atoms with Crippen molar-refractivity contribution < 1.29 is 19.1 Å². The van der Waals surface area contributed by atoms with E-state index in [1.165, 1.54) is 13.2 Å². The Balaban J connectivity index is 1.65. The molecule has 3 aromatic rings. The predicted octanol–water partition coefficient (Wildman–Crippen LogP) is 4.74. The van der Waals surface area contributed by atoms with Crippen LogP contribution in [0, 0.1) is 5.92 Å². The largest absolute Gasteiger partial charge is 0.493 e. The van der Waals surface area contributed by atoms with E-state index in [4.69, 9.17) is 9.47 Å². The van der Waals surface area contributed by atoms with Gasteiger partial charge in [-0.1, -0.05) is 62.4 Å². The Labute approximate surface area is 176 Å².